The lowest BCUT2D eigenvalue weighted by Crippen LogP contribution is -2.44. The number of likely N-dealkylation sites (N-methyl/N-ethyl adjacent to an activating group) is 1. The molecule has 0 aromatic rings. The standard InChI is InChI=1S/C14H30N2O2/c1-14(12-17,15-2)7-4-8-16-9-5-13(6-10-16)11-18-3/h13,15,17H,4-12H2,1-3H3. The van der Waals surface area contributed by atoms with Gasteiger partial charge in [0, 0.05) is 19.3 Å². The Bertz CT molecular complexity index is 212. The Labute approximate surface area is 112 Å². The van der Waals surface area contributed by atoms with Gasteiger partial charge in [-0.05, 0) is 65.2 Å². The van der Waals surface area contributed by atoms with E-state index in [1.807, 2.05) is 7.05 Å². The first-order chi connectivity index (χ1) is 8.63. The average molecular weight is 258 g/mol. The van der Waals surface area contributed by atoms with Crippen molar-refractivity contribution < 1.29 is 9.84 Å². The van der Waals surface area contributed by atoms with Gasteiger partial charge in [-0.25, -0.2) is 0 Å². The van der Waals surface area contributed by atoms with Crippen molar-refractivity contribution in [2.75, 3.05) is 47.0 Å². The van der Waals surface area contributed by atoms with Crippen molar-refractivity contribution in [3.8, 4) is 0 Å². The van der Waals surface area contributed by atoms with Gasteiger partial charge in [-0.1, -0.05) is 0 Å². The predicted molar refractivity (Wildman–Crippen MR) is 74.8 cm³/mol. The van der Waals surface area contributed by atoms with Gasteiger partial charge >= 0.3 is 0 Å². The first-order valence-corrected chi connectivity index (χ1v) is 7.14. The number of hydrogen-bond acceptors (Lipinski definition) is 4. The van der Waals surface area contributed by atoms with E-state index >= 15 is 0 Å². The Hall–Kier alpha value is -0.160. The van der Waals surface area contributed by atoms with Crippen molar-refractivity contribution >= 4 is 0 Å². The van der Waals surface area contributed by atoms with E-state index in [1.165, 1.54) is 25.9 Å². The van der Waals surface area contributed by atoms with Gasteiger partial charge in [0.1, 0.15) is 0 Å². The smallest absolute Gasteiger partial charge is 0.0610 e. The van der Waals surface area contributed by atoms with Crippen LogP contribution in [0.1, 0.15) is 32.6 Å². The van der Waals surface area contributed by atoms with Gasteiger partial charge in [0.05, 0.1) is 6.61 Å². The summed E-state index contributed by atoms with van der Waals surface area (Å²) in [5.74, 6) is 0.756. The molecule has 1 fully saturated rings. The number of likely N-dealkylation sites (tertiary alicyclic amines) is 1. The van der Waals surface area contributed by atoms with Crippen molar-refractivity contribution in [1.82, 2.24) is 10.2 Å². The predicted octanol–water partition coefficient (Wildman–Crippen LogP) is 1.10. The Morgan fingerprint density at radius 2 is 2.06 bits per heavy atom. The summed E-state index contributed by atoms with van der Waals surface area (Å²) in [6.45, 7) is 6.75. The van der Waals surface area contributed by atoms with Gasteiger partial charge < -0.3 is 20.1 Å². The van der Waals surface area contributed by atoms with E-state index in [2.05, 4.69) is 17.1 Å². The minimum Gasteiger partial charge on any atom is -0.394 e. The van der Waals surface area contributed by atoms with Crippen molar-refractivity contribution in [3.05, 3.63) is 0 Å². The summed E-state index contributed by atoms with van der Waals surface area (Å²) < 4.78 is 5.22. The zero-order valence-electron chi connectivity index (χ0n) is 12.2. The summed E-state index contributed by atoms with van der Waals surface area (Å²) in [5.41, 5.74) is -0.117. The fourth-order valence-electron chi connectivity index (χ4n) is 2.59. The normalized spacial score (nSPS) is 22.0. The third-order valence-corrected chi connectivity index (χ3v) is 4.26. The zero-order chi connectivity index (χ0) is 13.4. The third-order valence-electron chi connectivity index (χ3n) is 4.26. The quantitative estimate of drug-likeness (QED) is 0.684. The number of rotatable bonds is 8. The average Bonchev–Trinajstić information content (AvgIpc) is 2.41. The number of nitrogens with one attached hydrogen (secondary N) is 1. The Morgan fingerprint density at radius 1 is 1.39 bits per heavy atom. The molecular formula is C14H30N2O2. The van der Waals surface area contributed by atoms with Gasteiger partial charge in [0.15, 0.2) is 0 Å². The fraction of sp³-hybridized carbons (Fsp3) is 1.00. The highest BCUT2D eigenvalue weighted by Gasteiger charge is 2.22. The number of hydrogen-bond donors (Lipinski definition) is 2. The van der Waals surface area contributed by atoms with Crippen LogP contribution >= 0.6 is 0 Å². The lowest BCUT2D eigenvalue weighted by molar-refractivity contribution is 0.0961. The molecule has 0 saturated carbocycles. The van der Waals surface area contributed by atoms with Crippen LogP contribution in [0.4, 0.5) is 0 Å². The van der Waals surface area contributed by atoms with E-state index in [1.54, 1.807) is 7.11 Å². The van der Waals surface area contributed by atoms with Gasteiger partial charge in [-0.3, -0.25) is 0 Å². The summed E-state index contributed by atoms with van der Waals surface area (Å²) in [5, 5.41) is 12.5. The first kappa shape index (κ1) is 15.9. The molecule has 1 atom stereocenters. The SMILES string of the molecule is CNC(C)(CO)CCCN1CCC(COC)CC1. The molecule has 2 N–H and O–H groups in total. The molecule has 1 heterocycles. The van der Waals surface area contributed by atoms with Crippen molar-refractivity contribution in [2.24, 2.45) is 5.92 Å². The second-order valence-corrected chi connectivity index (χ2v) is 5.81. The van der Waals surface area contributed by atoms with Crippen LogP contribution in [0.15, 0.2) is 0 Å². The Kier molecular flexibility index (Phi) is 7.15. The second kappa shape index (κ2) is 8.10. The van der Waals surface area contributed by atoms with Crippen molar-refractivity contribution in [2.45, 2.75) is 38.1 Å². The van der Waals surface area contributed by atoms with E-state index < -0.39 is 0 Å². The van der Waals surface area contributed by atoms with Crippen LogP contribution in [0.5, 0.6) is 0 Å². The van der Waals surface area contributed by atoms with Crippen LogP contribution in [0.3, 0.4) is 0 Å². The number of piperidine rings is 1. The van der Waals surface area contributed by atoms with E-state index in [4.69, 9.17) is 4.74 Å². The Balaban J connectivity index is 2.14. The molecule has 18 heavy (non-hydrogen) atoms. The first-order valence-electron chi connectivity index (χ1n) is 7.14. The largest absolute Gasteiger partial charge is 0.394 e. The number of aliphatic hydroxyl groups is 1. The van der Waals surface area contributed by atoms with Crippen LogP contribution in [-0.2, 0) is 4.74 Å². The molecule has 1 rings (SSSR count). The molecule has 1 aliphatic rings. The van der Waals surface area contributed by atoms with E-state index in [0.29, 0.717) is 0 Å². The summed E-state index contributed by atoms with van der Waals surface area (Å²) in [6, 6.07) is 0. The highest BCUT2D eigenvalue weighted by molar-refractivity contribution is 4.81. The molecule has 1 aliphatic heterocycles. The molecule has 4 heteroatoms. The van der Waals surface area contributed by atoms with E-state index in [-0.39, 0.29) is 12.1 Å². The molecule has 0 spiro atoms. The number of aliphatic hydroxyl groups excluding tert-OH is 1. The van der Waals surface area contributed by atoms with Crippen LogP contribution in [-0.4, -0.2) is 62.6 Å². The molecule has 1 saturated heterocycles. The minimum absolute atomic E-state index is 0.117. The van der Waals surface area contributed by atoms with Crippen LogP contribution in [0.2, 0.25) is 0 Å². The molecular weight excluding hydrogens is 228 g/mol. The van der Waals surface area contributed by atoms with Crippen LogP contribution in [0.25, 0.3) is 0 Å². The molecule has 0 aliphatic carbocycles. The zero-order valence-corrected chi connectivity index (χ0v) is 12.2. The maximum absolute atomic E-state index is 9.33. The van der Waals surface area contributed by atoms with Crippen molar-refractivity contribution in [1.29, 1.82) is 0 Å². The minimum atomic E-state index is -0.117. The number of ether oxygens (including phenoxy) is 1. The molecule has 0 radical (unpaired) electrons. The molecule has 1 unspecified atom stereocenters. The van der Waals surface area contributed by atoms with Gasteiger partial charge in [0.25, 0.3) is 0 Å². The summed E-state index contributed by atoms with van der Waals surface area (Å²) in [6.07, 6.45) is 4.69. The summed E-state index contributed by atoms with van der Waals surface area (Å²) >= 11 is 0. The van der Waals surface area contributed by atoms with E-state index in [0.717, 1.165) is 31.9 Å². The molecule has 4 nitrogen and oxygen atoms in total. The third kappa shape index (κ3) is 5.22. The maximum Gasteiger partial charge on any atom is 0.0610 e. The molecule has 0 aromatic carbocycles. The lowest BCUT2D eigenvalue weighted by atomic mass is 9.95. The fourth-order valence-corrected chi connectivity index (χ4v) is 2.59. The summed E-state index contributed by atoms with van der Waals surface area (Å²) in [7, 11) is 3.71. The monoisotopic (exact) mass is 258 g/mol. The van der Waals surface area contributed by atoms with E-state index in [9.17, 15) is 5.11 Å². The molecule has 0 bridgehead atoms. The molecule has 0 amide bonds. The van der Waals surface area contributed by atoms with Gasteiger partial charge in [-0.15, -0.1) is 0 Å². The number of methoxy groups -OCH3 is 1. The topological polar surface area (TPSA) is 44.7 Å². The number of nitrogens with zero attached hydrogens (tertiary/aromatic N) is 1. The second-order valence-electron chi connectivity index (χ2n) is 5.81. The highest BCUT2D eigenvalue weighted by atomic mass is 16.5. The van der Waals surface area contributed by atoms with Crippen molar-refractivity contribution in [3.63, 3.8) is 0 Å². The highest BCUT2D eigenvalue weighted by Crippen LogP contribution is 2.18. The Morgan fingerprint density at radius 3 is 2.56 bits per heavy atom. The molecule has 108 valence electrons. The maximum atomic E-state index is 9.33. The van der Waals surface area contributed by atoms with Crippen LogP contribution in [0, 0.1) is 5.92 Å². The van der Waals surface area contributed by atoms with Gasteiger partial charge in [0.2, 0.25) is 0 Å². The summed E-state index contributed by atoms with van der Waals surface area (Å²) in [4.78, 5) is 2.54. The lowest BCUT2D eigenvalue weighted by Gasteiger charge is -2.33. The molecule has 0 aromatic heterocycles. The van der Waals surface area contributed by atoms with Crippen LogP contribution < -0.4 is 5.32 Å². The van der Waals surface area contributed by atoms with Gasteiger partial charge in [-0.2, -0.15) is 0 Å².